The van der Waals surface area contributed by atoms with Gasteiger partial charge in [0.15, 0.2) is 0 Å². The molecular weight excluding hydrogens is 222 g/mol. The molecule has 0 radical (unpaired) electrons. The highest BCUT2D eigenvalue weighted by Gasteiger charge is 2.19. The van der Waals surface area contributed by atoms with Crippen LogP contribution in [0.15, 0.2) is 12.3 Å². The van der Waals surface area contributed by atoms with Crippen LogP contribution in [0.4, 0.5) is 5.69 Å². The fraction of sp³-hybridized carbons (Fsp3) is 0.583. The van der Waals surface area contributed by atoms with Crippen LogP contribution in [0.5, 0.6) is 0 Å². The third-order valence-corrected chi connectivity index (χ3v) is 3.59. The average molecular weight is 240 g/mol. The molecule has 0 saturated carbocycles. The summed E-state index contributed by atoms with van der Waals surface area (Å²) in [4.78, 5) is 6.58. The predicted molar refractivity (Wildman–Crippen MR) is 68.3 cm³/mol. The van der Waals surface area contributed by atoms with E-state index in [0.29, 0.717) is 11.2 Å². The van der Waals surface area contributed by atoms with Crippen LogP contribution >= 0.6 is 11.6 Å². The van der Waals surface area contributed by atoms with Gasteiger partial charge in [0.25, 0.3) is 0 Å². The molecule has 0 spiro atoms. The van der Waals surface area contributed by atoms with Crippen molar-refractivity contribution in [2.45, 2.75) is 25.8 Å². The fourth-order valence-corrected chi connectivity index (χ4v) is 2.27. The van der Waals surface area contributed by atoms with Crippen molar-refractivity contribution in [2.24, 2.45) is 0 Å². The van der Waals surface area contributed by atoms with Gasteiger partial charge in [0.2, 0.25) is 0 Å². The van der Waals surface area contributed by atoms with E-state index in [2.05, 4.69) is 21.3 Å². The lowest BCUT2D eigenvalue weighted by molar-refractivity contribution is 0.449. The van der Waals surface area contributed by atoms with Crippen LogP contribution in [-0.4, -0.2) is 31.2 Å². The summed E-state index contributed by atoms with van der Waals surface area (Å²) in [5, 5.41) is 3.94. The van der Waals surface area contributed by atoms with Gasteiger partial charge < -0.3 is 10.2 Å². The molecule has 1 aromatic heterocycles. The number of aryl methyl sites for hydroxylation is 1. The number of aromatic nitrogens is 1. The lowest BCUT2D eigenvalue weighted by Gasteiger charge is -2.34. The van der Waals surface area contributed by atoms with E-state index in [4.69, 9.17) is 11.6 Å². The number of likely N-dealkylation sites (N-methyl/N-ethyl adjacent to an activating group) is 1. The van der Waals surface area contributed by atoms with E-state index in [9.17, 15) is 0 Å². The van der Waals surface area contributed by atoms with E-state index in [-0.39, 0.29) is 0 Å². The lowest BCUT2D eigenvalue weighted by Crippen LogP contribution is -2.44. The molecule has 3 nitrogen and oxygen atoms in total. The van der Waals surface area contributed by atoms with E-state index >= 15 is 0 Å². The molecule has 0 aliphatic carbocycles. The molecule has 2 heterocycles. The zero-order chi connectivity index (χ0) is 11.5. The molecule has 16 heavy (non-hydrogen) atoms. The maximum Gasteiger partial charge on any atom is 0.132 e. The summed E-state index contributed by atoms with van der Waals surface area (Å²) in [5.41, 5.74) is 2.23. The Bertz CT molecular complexity index is 367. The first-order valence-electron chi connectivity index (χ1n) is 5.75. The number of nitrogens with zero attached hydrogens (tertiary/aromatic N) is 2. The maximum absolute atomic E-state index is 5.93. The molecule has 4 heteroatoms. The molecule has 88 valence electrons. The first-order valence-corrected chi connectivity index (χ1v) is 6.13. The average Bonchev–Trinajstić information content (AvgIpc) is 2.33. The zero-order valence-corrected chi connectivity index (χ0v) is 10.6. The molecule has 0 unspecified atom stereocenters. The number of halogens is 1. The van der Waals surface area contributed by atoms with E-state index in [1.54, 1.807) is 0 Å². The van der Waals surface area contributed by atoms with Crippen LogP contribution in [0.2, 0.25) is 5.15 Å². The van der Waals surface area contributed by atoms with Gasteiger partial charge in [-0.2, -0.15) is 0 Å². The highest BCUT2D eigenvalue weighted by Crippen LogP contribution is 2.22. The number of nitrogens with one attached hydrogen (secondary N) is 1. The highest BCUT2D eigenvalue weighted by atomic mass is 35.5. The summed E-state index contributed by atoms with van der Waals surface area (Å²) >= 11 is 5.93. The first-order chi connectivity index (χ1) is 7.70. The van der Waals surface area contributed by atoms with Crippen molar-refractivity contribution in [3.8, 4) is 0 Å². The van der Waals surface area contributed by atoms with E-state index in [1.165, 1.54) is 18.5 Å². The van der Waals surface area contributed by atoms with Gasteiger partial charge in [-0.15, -0.1) is 0 Å². The third kappa shape index (κ3) is 2.47. The Labute approximate surface area is 102 Å². The molecule has 1 aliphatic heterocycles. The van der Waals surface area contributed by atoms with Crippen molar-refractivity contribution in [3.05, 3.63) is 23.0 Å². The van der Waals surface area contributed by atoms with Gasteiger partial charge in [0.1, 0.15) is 5.15 Å². The largest absolute Gasteiger partial charge is 0.369 e. The summed E-state index contributed by atoms with van der Waals surface area (Å²) in [6.07, 6.45) is 4.35. The summed E-state index contributed by atoms with van der Waals surface area (Å²) < 4.78 is 0. The fourth-order valence-electron chi connectivity index (χ4n) is 2.16. The smallest absolute Gasteiger partial charge is 0.132 e. The second kappa shape index (κ2) is 5.02. The van der Waals surface area contributed by atoms with Gasteiger partial charge in [-0.1, -0.05) is 11.6 Å². The van der Waals surface area contributed by atoms with Crippen LogP contribution in [0.25, 0.3) is 0 Å². The Hall–Kier alpha value is -0.800. The molecule has 1 aromatic rings. The molecular formula is C12H18ClN3. The molecule has 1 N–H and O–H groups in total. The summed E-state index contributed by atoms with van der Waals surface area (Å²) in [6.45, 7) is 4.17. The number of hydrogen-bond donors (Lipinski definition) is 1. The SMILES string of the molecule is CN[C@H]1CCCN(c2cnc(Cl)c(C)c2)C1. The third-order valence-electron chi connectivity index (χ3n) is 3.19. The van der Waals surface area contributed by atoms with Crippen LogP contribution in [-0.2, 0) is 0 Å². The highest BCUT2D eigenvalue weighted by molar-refractivity contribution is 6.30. The van der Waals surface area contributed by atoms with Crippen molar-refractivity contribution in [2.75, 3.05) is 25.0 Å². The number of hydrogen-bond acceptors (Lipinski definition) is 3. The van der Waals surface area contributed by atoms with Crippen LogP contribution in [0.1, 0.15) is 18.4 Å². The molecule has 0 aromatic carbocycles. The Morgan fingerprint density at radius 3 is 3.06 bits per heavy atom. The standard InChI is InChI=1S/C12H18ClN3/c1-9-6-11(7-15-12(9)13)16-5-3-4-10(8-16)14-2/h6-7,10,14H,3-5,8H2,1-2H3/t10-/m0/s1. The van der Waals surface area contributed by atoms with E-state index < -0.39 is 0 Å². The molecule has 1 atom stereocenters. The van der Waals surface area contributed by atoms with Crippen molar-refractivity contribution in [1.29, 1.82) is 0 Å². The summed E-state index contributed by atoms with van der Waals surface area (Å²) in [5.74, 6) is 0. The summed E-state index contributed by atoms with van der Waals surface area (Å²) in [7, 11) is 2.03. The number of piperidine rings is 1. The minimum Gasteiger partial charge on any atom is -0.369 e. The van der Waals surface area contributed by atoms with E-state index in [1.807, 2.05) is 20.2 Å². The van der Waals surface area contributed by atoms with Crippen molar-refractivity contribution >= 4 is 17.3 Å². The number of anilines is 1. The van der Waals surface area contributed by atoms with Crippen LogP contribution in [0, 0.1) is 6.92 Å². The van der Waals surface area contributed by atoms with Gasteiger partial charge >= 0.3 is 0 Å². The minimum absolute atomic E-state index is 0.588. The molecule has 2 rings (SSSR count). The second-order valence-corrected chi connectivity index (χ2v) is 4.73. The maximum atomic E-state index is 5.93. The number of rotatable bonds is 2. The molecule has 1 saturated heterocycles. The number of pyridine rings is 1. The zero-order valence-electron chi connectivity index (χ0n) is 9.83. The Kier molecular flexibility index (Phi) is 3.66. The quantitative estimate of drug-likeness (QED) is 0.803. The van der Waals surface area contributed by atoms with Gasteiger partial charge in [0, 0.05) is 19.1 Å². The predicted octanol–water partition coefficient (Wildman–Crippen LogP) is 2.23. The van der Waals surface area contributed by atoms with E-state index in [0.717, 1.165) is 18.7 Å². The Morgan fingerprint density at radius 1 is 1.56 bits per heavy atom. The topological polar surface area (TPSA) is 28.2 Å². The van der Waals surface area contributed by atoms with Crippen molar-refractivity contribution in [1.82, 2.24) is 10.3 Å². The second-order valence-electron chi connectivity index (χ2n) is 4.38. The minimum atomic E-state index is 0.588. The first kappa shape index (κ1) is 11.7. The van der Waals surface area contributed by atoms with Crippen molar-refractivity contribution in [3.63, 3.8) is 0 Å². The summed E-state index contributed by atoms with van der Waals surface area (Å²) in [6, 6.07) is 2.71. The molecule has 1 fully saturated rings. The lowest BCUT2D eigenvalue weighted by atomic mass is 10.1. The Balaban J connectivity index is 2.13. The normalized spacial score (nSPS) is 21.2. The Morgan fingerprint density at radius 2 is 2.38 bits per heavy atom. The van der Waals surface area contributed by atoms with Crippen molar-refractivity contribution < 1.29 is 0 Å². The van der Waals surface area contributed by atoms with Gasteiger partial charge in [-0.3, -0.25) is 0 Å². The molecule has 1 aliphatic rings. The van der Waals surface area contributed by atoms with Gasteiger partial charge in [-0.25, -0.2) is 4.98 Å². The van der Waals surface area contributed by atoms with Crippen LogP contribution in [0.3, 0.4) is 0 Å². The monoisotopic (exact) mass is 239 g/mol. The van der Waals surface area contributed by atoms with Gasteiger partial charge in [0.05, 0.1) is 11.9 Å². The molecule has 0 bridgehead atoms. The van der Waals surface area contributed by atoms with Crippen LogP contribution < -0.4 is 10.2 Å². The van der Waals surface area contributed by atoms with Gasteiger partial charge in [-0.05, 0) is 38.4 Å². The molecule has 0 amide bonds.